The quantitative estimate of drug-likeness (QED) is 0.728. The van der Waals surface area contributed by atoms with Gasteiger partial charge in [-0.05, 0) is 57.1 Å². The minimum atomic E-state index is -0.0916. The van der Waals surface area contributed by atoms with Crippen LogP contribution in [0.15, 0.2) is 12.1 Å². The molecule has 0 radical (unpaired) electrons. The number of imidazole rings is 1. The molecular formula is C17H24ClN3. The summed E-state index contributed by atoms with van der Waals surface area (Å²) in [5.74, 6) is 2.43. The maximum atomic E-state index is 6.40. The third kappa shape index (κ3) is 2.68. The summed E-state index contributed by atoms with van der Waals surface area (Å²) in [4.78, 5) is 9.50. The van der Waals surface area contributed by atoms with Crippen molar-refractivity contribution in [2.75, 3.05) is 0 Å². The lowest BCUT2D eigenvalue weighted by atomic mass is 9.79. The summed E-state index contributed by atoms with van der Waals surface area (Å²) >= 11 is 6.40. The van der Waals surface area contributed by atoms with Crippen LogP contribution < -0.4 is 0 Å². The van der Waals surface area contributed by atoms with Gasteiger partial charge in [-0.2, -0.15) is 0 Å². The fourth-order valence-electron chi connectivity index (χ4n) is 3.73. The fourth-order valence-corrected chi connectivity index (χ4v) is 3.88. The summed E-state index contributed by atoms with van der Waals surface area (Å²) in [6, 6.07) is 4.55. The molecule has 21 heavy (non-hydrogen) atoms. The van der Waals surface area contributed by atoms with Crippen molar-refractivity contribution in [3.63, 3.8) is 0 Å². The van der Waals surface area contributed by atoms with Crippen molar-refractivity contribution in [1.82, 2.24) is 14.5 Å². The van der Waals surface area contributed by atoms with Crippen molar-refractivity contribution in [2.45, 2.75) is 58.4 Å². The number of rotatable bonds is 2. The molecule has 1 aliphatic rings. The van der Waals surface area contributed by atoms with Crippen LogP contribution >= 0.6 is 11.6 Å². The van der Waals surface area contributed by atoms with E-state index in [4.69, 9.17) is 21.6 Å². The molecule has 0 N–H and O–H groups in total. The van der Waals surface area contributed by atoms with Crippen molar-refractivity contribution in [2.24, 2.45) is 11.8 Å². The molecule has 0 saturated heterocycles. The van der Waals surface area contributed by atoms with E-state index in [1.54, 1.807) is 0 Å². The molecule has 2 aromatic rings. The standard InChI is InChI=1S/C17H24ClN3/c1-10-5-8-15(11(2)9-10)21-16(13(4)18)20-14-7-6-12(3)19-17(14)21/h6-7,10-11,13,15H,5,8-9H2,1-4H3. The molecule has 0 bridgehead atoms. The largest absolute Gasteiger partial charge is 0.308 e. The van der Waals surface area contributed by atoms with E-state index >= 15 is 0 Å². The Hall–Kier alpha value is -1.09. The first-order valence-corrected chi connectivity index (χ1v) is 8.40. The predicted molar refractivity (Wildman–Crippen MR) is 87.7 cm³/mol. The molecular weight excluding hydrogens is 282 g/mol. The molecule has 2 aromatic heterocycles. The summed E-state index contributed by atoms with van der Waals surface area (Å²) in [6.07, 6.45) is 3.74. The van der Waals surface area contributed by atoms with Gasteiger partial charge in [-0.3, -0.25) is 0 Å². The number of hydrogen-bond donors (Lipinski definition) is 0. The fraction of sp³-hybridized carbons (Fsp3) is 0.647. The molecule has 4 atom stereocenters. The molecule has 4 heteroatoms. The van der Waals surface area contributed by atoms with Gasteiger partial charge in [0.15, 0.2) is 5.65 Å². The van der Waals surface area contributed by atoms with Crippen molar-refractivity contribution in [3.8, 4) is 0 Å². The zero-order valence-electron chi connectivity index (χ0n) is 13.3. The average Bonchev–Trinajstić information content (AvgIpc) is 2.77. The predicted octanol–water partition coefficient (Wildman–Crippen LogP) is 5.04. The normalized spacial score (nSPS) is 28.0. The lowest BCUT2D eigenvalue weighted by Gasteiger charge is -2.34. The molecule has 3 rings (SSSR count). The van der Waals surface area contributed by atoms with E-state index < -0.39 is 0 Å². The summed E-state index contributed by atoms with van der Waals surface area (Å²) in [5, 5.41) is -0.0916. The molecule has 2 heterocycles. The average molecular weight is 306 g/mol. The minimum Gasteiger partial charge on any atom is -0.308 e. The number of nitrogens with zero attached hydrogens (tertiary/aromatic N) is 3. The highest BCUT2D eigenvalue weighted by Gasteiger charge is 2.31. The van der Waals surface area contributed by atoms with Crippen LogP contribution in [0.4, 0.5) is 0 Å². The highest BCUT2D eigenvalue weighted by atomic mass is 35.5. The smallest absolute Gasteiger partial charge is 0.160 e. The minimum absolute atomic E-state index is 0.0916. The van der Waals surface area contributed by atoms with Crippen LogP contribution in [0.5, 0.6) is 0 Å². The van der Waals surface area contributed by atoms with Crippen LogP contribution in [0.3, 0.4) is 0 Å². The van der Waals surface area contributed by atoms with E-state index in [1.807, 2.05) is 19.9 Å². The second kappa shape index (κ2) is 5.60. The molecule has 0 aliphatic heterocycles. The van der Waals surface area contributed by atoms with Crippen LogP contribution in [0.2, 0.25) is 0 Å². The first-order valence-electron chi connectivity index (χ1n) is 7.97. The Morgan fingerprint density at radius 3 is 2.67 bits per heavy atom. The van der Waals surface area contributed by atoms with E-state index in [-0.39, 0.29) is 5.38 Å². The van der Waals surface area contributed by atoms with E-state index in [2.05, 4.69) is 24.5 Å². The Labute approximate surface area is 131 Å². The second-order valence-corrected chi connectivity index (χ2v) is 7.37. The lowest BCUT2D eigenvalue weighted by molar-refractivity contribution is 0.207. The number of pyridine rings is 1. The number of halogens is 1. The van der Waals surface area contributed by atoms with Gasteiger partial charge in [-0.25, -0.2) is 9.97 Å². The van der Waals surface area contributed by atoms with Gasteiger partial charge in [0, 0.05) is 11.7 Å². The Balaban J connectivity index is 2.14. The molecule has 1 fully saturated rings. The molecule has 1 saturated carbocycles. The first kappa shape index (κ1) is 14.8. The monoisotopic (exact) mass is 305 g/mol. The van der Waals surface area contributed by atoms with Crippen LogP contribution in [-0.4, -0.2) is 14.5 Å². The first-order chi connectivity index (χ1) is 9.97. The highest BCUT2D eigenvalue weighted by molar-refractivity contribution is 6.20. The highest BCUT2D eigenvalue weighted by Crippen LogP contribution is 2.40. The SMILES string of the molecule is Cc1ccc2nc(C(C)Cl)n(C3CCC(C)CC3C)c2n1. The number of aromatic nitrogens is 3. The van der Waals surface area contributed by atoms with E-state index in [0.717, 1.165) is 28.6 Å². The Kier molecular flexibility index (Phi) is 3.96. The summed E-state index contributed by atoms with van der Waals surface area (Å²) < 4.78 is 2.33. The third-order valence-corrected chi connectivity index (χ3v) is 4.97. The van der Waals surface area contributed by atoms with Crippen LogP contribution in [-0.2, 0) is 0 Å². The summed E-state index contributed by atoms with van der Waals surface area (Å²) in [5.41, 5.74) is 3.01. The Morgan fingerprint density at radius 2 is 2.00 bits per heavy atom. The van der Waals surface area contributed by atoms with Crippen LogP contribution in [0, 0.1) is 18.8 Å². The molecule has 0 amide bonds. The maximum absolute atomic E-state index is 6.40. The third-order valence-electron chi connectivity index (χ3n) is 4.78. The number of fused-ring (bicyclic) bond motifs is 1. The number of aryl methyl sites for hydroxylation is 1. The van der Waals surface area contributed by atoms with Crippen molar-refractivity contribution < 1.29 is 0 Å². The lowest BCUT2D eigenvalue weighted by Crippen LogP contribution is -2.26. The van der Waals surface area contributed by atoms with E-state index in [1.165, 1.54) is 19.3 Å². The van der Waals surface area contributed by atoms with Crippen molar-refractivity contribution in [1.29, 1.82) is 0 Å². The second-order valence-electron chi connectivity index (χ2n) is 6.71. The molecule has 4 unspecified atom stereocenters. The van der Waals surface area contributed by atoms with Gasteiger partial charge in [-0.1, -0.05) is 13.8 Å². The maximum Gasteiger partial charge on any atom is 0.160 e. The molecule has 3 nitrogen and oxygen atoms in total. The number of hydrogen-bond acceptors (Lipinski definition) is 2. The van der Waals surface area contributed by atoms with Gasteiger partial charge < -0.3 is 4.57 Å². The van der Waals surface area contributed by atoms with Gasteiger partial charge >= 0.3 is 0 Å². The molecule has 0 spiro atoms. The molecule has 114 valence electrons. The van der Waals surface area contributed by atoms with Gasteiger partial charge in [0.1, 0.15) is 11.3 Å². The van der Waals surface area contributed by atoms with Crippen LogP contribution in [0.25, 0.3) is 11.2 Å². The van der Waals surface area contributed by atoms with Gasteiger partial charge in [0.2, 0.25) is 0 Å². The zero-order valence-corrected chi connectivity index (χ0v) is 14.1. The van der Waals surface area contributed by atoms with Crippen molar-refractivity contribution in [3.05, 3.63) is 23.7 Å². The van der Waals surface area contributed by atoms with Gasteiger partial charge in [0.25, 0.3) is 0 Å². The Morgan fingerprint density at radius 1 is 1.24 bits per heavy atom. The van der Waals surface area contributed by atoms with Crippen LogP contribution in [0.1, 0.15) is 63.0 Å². The Bertz CT molecular complexity index is 647. The number of alkyl halides is 1. The zero-order chi connectivity index (χ0) is 15.1. The van der Waals surface area contributed by atoms with Gasteiger partial charge in [0.05, 0.1) is 5.38 Å². The molecule has 0 aromatic carbocycles. The summed E-state index contributed by atoms with van der Waals surface area (Å²) in [7, 11) is 0. The van der Waals surface area contributed by atoms with Gasteiger partial charge in [-0.15, -0.1) is 11.6 Å². The van der Waals surface area contributed by atoms with E-state index in [9.17, 15) is 0 Å². The topological polar surface area (TPSA) is 30.7 Å². The van der Waals surface area contributed by atoms with Crippen molar-refractivity contribution >= 4 is 22.8 Å². The summed E-state index contributed by atoms with van der Waals surface area (Å²) in [6.45, 7) is 8.74. The van der Waals surface area contributed by atoms with E-state index in [0.29, 0.717) is 12.0 Å². The molecule has 1 aliphatic carbocycles.